The first-order valence-corrected chi connectivity index (χ1v) is 22.2. The van der Waals surface area contributed by atoms with Gasteiger partial charge in [-0.3, -0.25) is 14.4 Å². The van der Waals surface area contributed by atoms with Crippen LogP contribution in [-0.2, 0) is 32.0 Å². The van der Waals surface area contributed by atoms with E-state index in [0.29, 0.717) is 18.4 Å². The van der Waals surface area contributed by atoms with Crippen LogP contribution in [0.3, 0.4) is 0 Å². The van der Waals surface area contributed by atoms with Gasteiger partial charge in [-0.1, -0.05) is 77.0 Å². The number of amides is 4. The number of aryl methyl sites for hydroxylation is 2. The number of fused-ring (bicyclic) bond motifs is 5. The van der Waals surface area contributed by atoms with Gasteiger partial charge >= 0.3 is 6.09 Å². The Labute approximate surface area is 357 Å². The smallest absolute Gasteiger partial charge is 0.407 e. The van der Waals surface area contributed by atoms with E-state index >= 15 is 0 Å². The number of aromatic nitrogens is 4. The summed E-state index contributed by atoms with van der Waals surface area (Å²) in [5, 5.41) is 5.76. The number of nitrogens with zero attached hydrogens (tertiary/aromatic N) is 4. The van der Waals surface area contributed by atoms with E-state index in [9.17, 15) is 19.2 Å². The fraction of sp³-hybridized carbons (Fsp3) is 0.479. The molecule has 13 nitrogen and oxygen atoms in total. The Morgan fingerprint density at radius 3 is 1.98 bits per heavy atom. The monoisotopic (exact) mass is 825 g/mol. The number of carbonyl (C=O) groups is 4. The molecule has 5 aliphatic rings. The number of likely N-dealkylation sites (tertiary alicyclic amines) is 2. The molecule has 3 fully saturated rings. The lowest BCUT2D eigenvalue weighted by molar-refractivity contribution is -0.138. The van der Waals surface area contributed by atoms with E-state index in [2.05, 4.69) is 57.0 Å². The van der Waals surface area contributed by atoms with Crippen LogP contribution in [0.2, 0.25) is 0 Å². The van der Waals surface area contributed by atoms with Crippen molar-refractivity contribution in [1.29, 1.82) is 0 Å². The summed E-state index contributed by atoms with van der Waals surface area (Å²) in [6.45, 7) is 8.46. The molecule has 61 heavy (non-hydrogen) atoms. The van der Waals surface area contributed by atoms with E-state index in [1.54, 1.807) is 12.2 Å². The second kappa shape index (κ2) is 16.6. The van der Waals surface area contributed by atoms with Crippen molar-refractivity contribution < 1.29 is 23.9 Å². The van der Waals surface area contributed by atoms with Crippen molar-refractivity contribution in [1.82, 2.24) is 40.4 Å². The Bertz CT molecular complexity index is 2360. The fourth-order valence-electron chi connectivity index (χ4n) is 10.3. The summed E-state index contributed by atoms with van der Waals surface area (Å²) in [6.07, 6.45) is 15.3. The molecule has 2 saturated heterocycles. The van der Waals surface area contributed by atoms with Crippen molar-refractivity contribution in [2.24, 2.45) is 17.8 Å². The van der Waals surface area contributed by atoms with Crippen LogP contribution < -0.4 is 10.6 Å². The van der Waals surface area contributed by atoms with Gasteiger partial charge in [0.1, 0.15) is 29.7 Å². The van der Waals surface area contributed by atoms with Crippen molar-refractivity contribution in [3.8, 4) is 33.6 Å². The molecule has 4 aromatic rings. The van der Waals surface area contributed by atoms with Crippen molar-refractivity contribution in [3.63, 3.8) is 0 Å². The molecule has 0 unspecified atom stereocenters. The minimum Gasteiger partial charge on any atom is -0.453 e. The zero-order chi connectivity index (χ0) is 42.5. The second-order valence-electron chi connectivity index (χ2n) is 18.3. The van der Waals surface area contributed by atoms with Crippen LogP contribution in [0.5, 0.6) is 0 Å². The standard InChI is InChI=1S/C48H57N8O5/c1-26(2)40(53-45(57)28-12-13-28)46(58)55-20-8-11-39(55)43-49-24-37(51-43)31-16-18-35-29(21-31)14-15-30-22-32(17-19-36(30)35)38-25-50-44(52-38)42-33-9-6-7-10-34(23-33)56(42)47(59)41(27(3)4)54-48(60)61-5/h12-13,16-19,21-22,24-27,33-34,39-42H,6-11,14-15,20,23H2,1-5H3,(H,49,51)(H,50,52)(H,53,57)(H,54,60)/t33-,34+,39-,40-,41-,42+/m0/s1. The van der Waals surface area contributed by atoms with E-state index in [0.717, 1.165) is 92.0 Å². The molecule has 1 saturated carbocycles. The molecule has 9 rings (SSSR count). The van der Waals surface area contributed by atoms with Gasteiger partial charge < -0.3 is 35.1 Å². The largest absolute Gasteiger partial charge is 0.453 e. The average molecular weight is 826 g/mol. The first-order valence-electron chi connectivity index (χ1n) is 22.2. The molecule has 1 radical (unpaired) electrons. The van der Waals surface area contributed by atoms with Crippen LogP contribution in [0.25, 0.3) is 33.6 Å². The minimum atomic E-state index is -0.685. The topological polar surface area (TPSA) is 165 Å². The number of aromatic amines is 2. The second-order valence-corrected chi connectivity index (χ2v) is 18.3. The third-order valence-corrected chi connectivity index (χ3v) is 13.6. The summed E-state index contributed by atoms with van der Waals surface area (Å²) in [6, 6.07) is 11.7. The van der Waals surface area contributed by atoms with Gasteiger partial charge in [-0.25, -0.2) is 14.8 Å². The van der Waals surface area contributed by atoms with Crippen LogP contribution in [-0.4, -0.2) is 85.3 Å². The molecule has 4 heterocycles. The highest BCUT2D eigenvalue weighted by Gasteiger charge is 2.48. The van der Waals surface area contributed by atoms with Gasteiger partial charge in [0.2, 0.25) is 17.7 Å². The predicted octanol–water partition coefficient (Wildman–Crippen LogP) is 7.39. The lowest BCUT2D eigenvalue weighted by Crippen LogP contribution is -2.53. The number of rotatable bonds is 11. The van der Waals surface area contributed by atoms with Gasteiger partial charge in [-0.2, -0.15) is 0 Å². The third-order valence-electron chi connectivity index (χ3n) is 13.6. The quantitative estimate of drug-likeness (QED) is 0.122. The van der Waals surface area contributed by atoms with Gasteiger partial charge in [0.05, 0.1) is 43.0 Å². The normalized spacial score (nSPS) is 22.7. The summed E-state index contributed by atoms with van der Waals surface area (Å²) in [5.74, 6) is 2.02. The summed E-state index contributed by atoms with van der Waals surface area (Å²) in [5.41, 5.74) is 8.97. The molecule has 2 aliphatic heterocycles. The highest BCUT2D eigenvalue weighted by atomic mass is 16.5. The Balaban J connectivity index is 0.915. The van der Waals surface area contributed by atoms with Gasteiger partial charge in [-0.05, 0) is 108 Å². The SMILES string of the molecule is COC(=O)N[C@H](C(=O)N1[C@@H]2CCCC[C@@H](C2)[C@@H]1c1ncc(-c2ccc3c(c2)CCc2cc(-c4cnc([C@@H]5CCCN5C(=O)[C@@H](NC(=O)[C]5C=C5)C(C)C)[nH]4)ccc2-3)[nH]1)C(C)C. The molecule has 319 valence electrons. The number of H-pyrrole nitrogens is 2. The molecule has 4 amide bonds. The summed E-state index contributed by atoms with van der Waals surface area (Å²) in [7, 11) is 1.32. The number of benzene rings is 2. The Kier molecular flexibility index (Phi) is 11.1. The Morgan fingerprint density at radius 1 is 0.754 bits per heavy atom. The maximum Gasteiger partial charge on any atom is 0.407 e. The molecule has 3 aliphatic carbocycles. The molecule has 2 bridgehead atoms. The third kappa shape index (κ3) is 7.87. The number of ether oxygens (including phenoxy) is 1. The lowest BCUT2D eigenvalue weighted by atomic mass is 9.83. The number of nitrogens with one attached hydrogen (secondary N) is 4. The van der Waals surface area contributed by atoms with Gasteiger partial charge in [-0.15, -0.1) is 0 Å². The molecular formula is C48H57N8O5. The first-order chi connectivity index (χ1) is 29.5. The molecule has 0 spiro atoms. The summed E-state index contributed by atoms with van der Waals surface area (Å²) < 4.78 is 4.88. The lowest BCUT2D eigenvalue weighted by Gasteiger charge is -2.36. The fourth-order valence-corrected chi connectivity index (χ4v) is 10.3. The van der Waals surface area contributed by atoms with E-state index in [1.165, 1.54) is 29.4 Å². The van der Waals surface area contributed by atoms with E-state index in [1.807, 2.05) is 49.9 Å². The maximum absolute atomic E-state index is 14.3. The van der Waals surface area contributed by atoms with Crippen molar-refractivity contribution in [2.45, 2.75) is 116 Å². The van der Waals surface area contributed by atoms with Crippen LogP contribution >= 0.6 is 0 Å². The number of carbonyl (C=O) groups excluding carboxylic acids is 4. The van der Waals surface area contributed by atoms with Crippen LogP contribution in [0.1, 0.15) is 108 Å². The predicted molar refractivity (Wildman–Crippen MR) is 231 cm³/mol. The number of hydrogen-bond acceptors (Lipinski definition) is 7. The number of imidazole rings is 2. The highest BCUT2D eigenvalue weighted by Crippen LogP contribution is 2.47. The number of alkyl carbamates (subject to hydrolysis) is 1. The van der Waals surface area contributed by atoms with E-state index in [4.69, 9.17) is 14.7 Å². The molecule has 2 aromatic heterocycles. The molecule has 6 atom stereocenters. The highest BCUT2D eigenvalue weighted by molar-refractivity contribution is 6.02. The Morgan fingerprint density at radius 2 is 1.36 bits per heavy atom. The average Bonchev–Trinajstić information content (AvgIpc) is 3.54. The van der Waals surface area contributed by atoms with E-state index in [-0.39, 0.29) is 47.7 Å². The van der Waals surface area contributed by atoms with Crippen molar-refractivity contribution in [3.05, 3.63) is 89.6 Å². The minimum absolute atomic E-state index is 0.0475. The summed E-state index contributed by atoms with van der Waals surface area (Å²) >= 11 is 0. The van der Waals surface area contributed by atoms with Crippen LogP contribution in [0.4, 0.5) is 4.79 Å². The molecule has 2 aromatic carbocycles. The zero-order valence-electron chi connectivity index (χ0n) is 35.8. The maximum atomic E-state index is 14.3. The van der Waals surface area contributed by atoms with Crippen molar-refractivity contribution >= 4 is 23.8 Å². The zero-order valence-corrected chi connectivity index (χ0v) is 35.8. The molecular weight excluding hydrogens is 769 g/mol. The van der Waals surface area contributed by atoms with Gasteiger partial charge in [0.15, 0.2) is 0 Å². The molecule has 4 N–H and O–H groups in total. The van der Waals surface area contributed by atoms with Gasteiger partial charge in [0.25, 0.3) is 0 Å². The van der Waals surface area contributed by atoms with Gasteiger partial charge in [0, 0.05) is 12.6 Å². The number of hydrogen-bond donors (Lipinski definition) is 4. The molecule has 13 heteroatoms. The number of methoxy groups -OCH3 is 1. The van der Waals surface area contributed by atoms with Crippen LogP contribution in [0, 0.1) is 23.7 Å². The van der Waals surface area contributed by atoms with Crippen LogP contribution in [0.15, 0.2) is 60.9 Å². The summed E-state index contributed by atoms with van der Waals surface area (Å²) in [4.78, 5) is 73.7. The first kappa shape index (κ1) is 40.7. The van der Waals surface area contributed by atoms with Crippen molar-refractivity contribution in [2.75, 3.05) is 13.7 Å². The van der Waals surface area contributed by atoms with E-state index < -0.39 is 18.2 Å². The Hall–Kier alpha value is -5.72.